The van der Waals surface area contributed by atoms with Crippen molar-refractivity contribution >= 4 is 5.91 Å². The molecule has 1 unspecified atom stereocenters. The highest BCUT2D eigenvalue weighted by molar-refractivity contribution is 5.76. The molecule has 0 radical (unpaired) electrons. The van der Waals surface area contributed by atoms with Gasteiger partial charge >= 0.3 is 0 Å². The summed E-state index contributed by atoms with van der Waals surface area (Å²) in [5, 5.41) is 5.95. The summed E-state index contributed by atoms with van der Waals surface area (Å²) < 4.78 is 4.90. The van der Waals surface area contributed by atoms with Crippen LogP contribution in [0.15, 0.2) is 5.11 Å². The number of carbonyl (C=O) groups is 1. The molecule has 0 heterocycles. The number of rotatable bonds is 7. The maximum atomic E-state index is 11.2. The smallest absolute Gasteiger partial charge is 0.220 e. The van der Waals surface area contributed by atoms with Crippen LogP contribution in [0.25, 0.3) is 10.4 Å². The molecule has 0 spiro atoms. The van der Waals surface area contributed by atoms with Crippen molar-refractivity contribution in [2.75, 3.05) is 26.8 Å². The monoisotopic (exact) mass is 200 g/mol. The van der Waals surface area contributed by atoms with Crippen LogP contribution in [0.3, 0.4) is 0 Å². The van der Waals surface area contributed by atoms with Gasteiger partial charge in [0.2, 0.25) is 5.91 Å². The Hall–Kier alpha value is -1.26. The maximum Gasteiger partial charge on any atom is 0.220 e. The first-order chi connectivity index (χ1) is 6.70. The number of azide groups is 1. The Morgan fingerprint density at radius 2 is 2.43 bits per heavy atom. The minimum absolute atomic E-state index is 0.0392. The molecule has 0 aliphatic heterocycles. The van der Waals surface area contributed by atoms with E-state index in [-0.39, 0.29) is 11.8 Å². The average molecular weight is 200 g/mol. The van der Waals surface area contributed by atoms with Gasteiger partial charge in [-0.15, -0.1) is 0 Å². The normalized spacial score (nSPS) is 11.6. The van der Waals surface area contributed by atoms with Crippen LogP contribution >= 0.6 is 0 Å². The summed E-state index contributed by atoms with van der Waals surface area (Å²) >= 11 is 0. The van der Waals surface area contributed by atoms with Crippen LogP contribution < -0.4 is 5.32 Å². The van der Waals surface area contributed by atoms with Gasteiger partial charge in [-0.05, 0) is 11.4 Å². The molecule has 0 aromatic heterocycles. The van der Waals surface area contributed by atoms with E-state index in [9.17, 15) is 4.79 Å². The van der Waals surface area contributed by atoms with E-state index in [0.717, 1.165) is 0 Å². The molecule has 0 bridgehead atoms. The Labute approximate surface area is 83.3 Å². The summed E-state index contributed by atoms with van der Waals surface area (Å²) in [4.78, 5) is 13.8. The van der Waals surface area contributed by atoms with E-state index in [1.54, 1.807) is 7.11 Å². The number of ether oxygens (including phenoxy) is 1. The topological polar surface area (TPSA) is 87.1 Å². The zero-order valence-corrected chi connectivity index (χ0v) is 8.56. The Morgan fingerprint density at radius 3 is 3.00 bits per heavy atom. The zero-order chi connectivity index (χ0) is 10.8. The van der Waals surface area contributed by atoms with Gasteiger partial charge in [-0.3, -0.25) is 4.79 Å². The van der Waals surface area contributed by atoms with Gasteiger partial charge in [0.05, 0.1) is 0 Å². The lowest BCUT2D eigenvalue weighted by molar-refractivity contribution is -0.122. The lowest BCUT2D eigenvalue weighted by Gasteiger charge is -2.09. The van der Waals surface area contributed by atoms with Crippen LogP contribution in [-0.2, 0) is 9.53 Å². The highest BCUT2D eigenvalue weighted by Gasteiger charge is 2.07. The molecular weight excluding hydrogens is 184 g/mol. The summed E-state index contributed by atoms with van der Waals surface area (Å²) in [6.45, 7) is 3.20. The van der Waals surface area contributed by atoms with Crippen molar-refractivity contribution in [3.63, 3.8) is 0 Å². The molecule has 0 aliphatic carbocycles. The highest BCUT2D eigenvalue weighted by Crippen LogP contribution is 2.00. The summed E-state index contributed by atoms with van der Waals surface area (Å²) in [6, 6.07) is 0. The third kappa shape index (κ3) is 7.39. The van der Waals surface area contributed by atoms with Gasteiger partial charge < -0.3 is 10.1 Å². The fourth-order valence-electron chi connectivity index (χ4n) is 1.02. The number of hydrogen-bond donors (Lipinski definition) is 1. The molecular formula is C8H16N4O2. The van der Waals surface area contributed by atoms with E-state index in [0.29, 0.717) is 26.1 Å². The first-order valence-electron chi connectivity index (χ1n) is 4.47. The molecule has 0 saturated carbocycles. The fraction of sp³-hybridized carbons (Fsp3) is 0.875. The Bertz CT molecular complexity index is 213. The van der Waals surface area contributed by atoms with Crippen molar-refractivity contribution in [3.8, 4) is 0 Å². The van der Waals surface area contributed by atoms with Gasteiger partial charge in [0.25, 0.3) is 0 Å². The summed E-state index contributed by atoms with van der Waals surface area (Å²) in [5.74, 6) is 0.169. The fourth-order valence-corrected chi connectivity index (χ4v) is 1.02. The van der Waals surface area contributed by atoms with Crippen molar-refractivity contribution < 1.29 is 9.53 Å². The SMILES string of the molecule is COCC(C)CC(=O)NCCN=[N+]=[N-]. The largest absolute Gasteiger partial charge is 0.384 e. The molecule has 6 nitrogen and oxygen atoms in total. The van der Waals surface area contributed by atoms with E-state index in [2.05, 4.69) is 15.3 Å². The van der Waals surface area contributed by atoms with E-state index in [4.69, 9.17) is 10.3 Å². The number of methoxy groups -OCH3 is 1. The first kappa shape index (κ1) is 12.7. The predicted octanol–water partition coefficient (Wildman–Crippen LogP) is 1.09. The van der Waals surface area contributed by atoms with Crippen LogP contribution in [0.5, 0.6) is 0 Å². The molecule has 0 fully saturated rings. The molecule has 0 saturated heterocycles. The maximum absolute atomic E-state index is 11.2. The van der Waals surface area contributed by atoms with Crippen LogP contribution in [0, 0.1) is 5.92 Å². The number of nitrogens with zero attached hydrogens (tertiary/aromatic N) is 3. The number of hydrogen-bond acceptors (Lipinski definition) is 3. The van der Waals surface area contributed by atoms with Crippen molar-refractivity contribution in [2.24, 2.45) is 11.0 Å². The van der Waals surface area contributed by atoms with Gasteiger partial charge in [-0.25, -0.2) is 0 Å². The number of carbonyl (C=O) groups excluding carboxylic acids is 1. The Kier molecular flexibility index (Phi) is 7.59. The predicted molar refractivity (Wildman–Crippen MR) is 52.7 cm³/mol. The number of nitrogens with one attached hydrogen (secondary N) is 1. The minimum Gasteiger partial charge on any atom is -0.384 e. The molecule has 1 atom stereocenters. The van der Waals surface area contributed by atoms with Gasteiger partial charge in [-0.2, -0.15) is 0 Å². The van der Waals surface area contributed by atoms with Crippen molar-refractivity contribution in [1.29, 1.82) is 0 Å². The molecule has 0 aliphatic rings. The molecule has 80 valence electrons. The summed E-state index contributed by atoms with van der Waals surface area (Å²) in [5.41, 5.74) is 7.98. The summed E-state index contributed by atoms with van der Waals surface area (Å²) in [6.07, 6.45) is 0.435. The zero-order valence-electron chi connectivity index (χ0n) is 8.56. The van der Waals surface area contributed by atoms with Crippen LogP contribution in [-0.4, -0.2) is 32.7 Å². The second-order valence-electron chi connectivity index (χ2n) is 3.07. The Balaban J connectivity index is 3.49. The quantitative estimate of drug-likeness (QED) is 0.288. The van der Waals surface area contributed by atoms with E-state index in [1.807, 2.05) is 6.92 Å². The lowest BCUT2D eigenvalue weighted by Crippen LogP contribution is -2.28. The van der Waals surface area contributed by atoms with Crippen molar-refractivity contribution in [2.45, 2.75) is 13.3 Å². The molecule has 1 N–H and O–H groups in total. The van der Waals surface area contributed by atoms with Crippen LogP contribution in [0.4, 0.5) is 0 Å². The molecule has 14 heavy (non-hydrogen) atoms. The van der Waals surface area contributed by atoms with Crippen LogP contribution in [0.2, 0.25) is 0 Å². The molecule has 0 rings (SSSR count). The molecule has 0 aromatic carbocycles. The molecule has 0 aromatic rings. The number of amides is 1. The van der Waals surface area contributed by atoms with E-state index < -0.39 is 0 Å². The molecule has 6 heteroatoms. The van der Waals surface area contributed by atoms with Gasteiger partial charge in [0.15, 0.2) is 0 Å². The standard InChI is InChI=1S/C8H16N4O2/c1-7(6-14-2)5-8(13)10-3-4-11-12-9/h7H,3-6H2,1-2H3,(H,10,13). The average Bonchev–Trinajstić information content (AvgIpc) is 2.13. The van der Waals surface area contributed by atoms with E-state index >= 15 is 0 Å². The minimum atomic E-state index is -0.0392. The van der Waals surface area contributed by atoms with Gasteiger partial charge in [0, 0.05) is 38.1 Å². The van der Waals surface area contributed by atoms with Crippen LogP contribution in [0.1, 0.15) is 13.3 Å². The second kappa shape index (κ2) is 8.34. The Morgan fingerprint density at radius 1 is 1.71 bits per heavy atom. The third-order valence-corrected chi connectivity index (χ3v) is 1.58. The van der Waals surface area contributed by atoms with Gasteiger partial charge in [0.1, 0.15) is 0 Å². The van der Waals surface area contributed by atoms with Crippen molar-refractivity contribution in [1.82, 2.24) is 5.32 Å². The highest BCUT2D eigenvalue weighted by atomic mass is 16.5. The van der Waals surface area contributed by atoms with E-state index in [1.165, 1.54) is 0 Å². The summed E-state index contributed by atoms with van der Waals surface area (Å²) in [7, 11) is 1.61. The molecule has 1 amide bonds. The van der Waals surface area contributed by atoms with Crippen molar-refractivity contribution in [3.05, 3.63) is 10.4 Å². The second-order valence-corrected chi connectivity index (χ2v) is 3.07. The lowest BCUT2D eigenvalue weighted by atomic mass is 10.1. The third-order valence-electron chi connectivity index (χ3n) is 1.58. The van der Waals surface area contributed by atoms with Gasteiger partial charge in [-0.1, -0.05) is 12.0 Å². The first-order valence-corrected chi connectivity index (χ1v) is 4.47.